The molecule has 13 fully saturated rings. The molecule has 19 aliphatic rings. The van der Waals surface area contributed by atoms with Crippen LogP contribution >= 0.6 is 11.6 Å². The summed E-state index contributed by atoms with van der Waals surface area (Å²) in [5.74, 6) is 15.2. The van der Waals surface area contributed by atoms with Gasteiger partial charge in [0.25, 0.3) is 0 Å². The smallest absolute Gasteiger partial charge is 0.0455 e. The lowest BCUT2D eigenvalue weighted by molar-refractivity contribution is -0.0876. The summed E-state index contributed by atoms with van der Waals surface area (Å²) in [5, 5.41) is 0. The first-order valence-corrected chi connectivity index (χ1v) is 42.1. The van der Waals surface area contributed by atoms with Crippen LogP contribution in [0.3, 0.4) is 0 Å². The van der Waals surface area contributed by atoms with Crippen LogP contribution in [0, 0.1) is 121 Å². The predicted octanol–water partition coefficient (Wildman–Crippen LogP) is 30.3. The van der Waals surface area contributed by atoms with Crippen molar-refractivity contribution in [3.8, 4) is 0 Å². The van der Waals surface area contributed by atoms with Gasteiger partial charge in [0.2, 0.25) is 0 Å². The van der Waals surface area contributed by atoms with Crippen LogP contribution in [0.4, 0.5) is 0 Å². The van der Waals surface area contributed by atoms with E-state index in [4.69, 9.17) is 11.6 Å². The van der Waals surface area contributed by atoms with E-state index in [1.807, 2.05) is 105 Å². The Morgan fingerprint density at radius 3 is 1.30 bits per heavy atom. The van der Waals surface area contributed by atoms with Crippen molar-refractivity contribution < 1.29 is 0 Å². The molecule has 19 rings (SSSR count). The molecule has 13 saturated carbocycles. The van der Waals surface area contributed by atoms with Crippen molar-refractivity contribution in [1.82, 2.24) is 0 Å². The number of hydrogen-bond acceptors (Lipinski definition) is 0. The lowest BCUT2D eigenvalue weighted by Gasteiger charge is -2.62. The molecule has 526 valence electrons. The Labute approximate surface area is 572 Å². The highest BCUT2D eigenvalue weighted by Crippen LogP contribution is 2.67. The quantitative estimate of drug-likeness (QED) is 0.191. The van der Waals surface area contributed by atoms with Gasteiger partial charge >= 0.3 is 0 Å². The van der Waals surface area contributed by atoms with Crippen LogP contribution in [0.2, 0.25) is 0 Å². The Kier molecular flexibility index (Phi) is 31.5. The van der Waals surface area contributed by atoms with Gasteiger partial charge in [-0.15, -0.1) is 11.6 Å². The van der Waals surface area contributed by atoms with Crippen molar-refractivity contribution in [2.45, 2.75) is 409 Å². The van der Waals surface area contributed by atoms with Crippen LogP contribution < -0.4 is 0 Å². The monoisotopic (exact) mass is 1270 g/mol. The molecule has 0 amide bonds. The van der Waals surface area contributed by atoms with E-state index in [2.05, 4.69) is 96.1 Å². The van der Waals surface area contributed by atoms with Gasteiger partial charge in [-0.3, -0.25) is 0 Å². The van der Waals surface area contributed by atoms with Crippen molar-refractivity contribution in [1.29, 1.82) is 0 Å². The van der Waals surface area contributed by atoms with Crippen molar-refractivity contribution >= 4 is 11.6 Å². The maximum atomic E-state index is 6.66. The molecule has 1 heteroatoms. The third-order valence-electron chi connectivity index (χ3n) is 29.3. The molecule has 0 aliphatic heterocycles. The highest BCUT2D eigenvalue weighted by Gasteiger charge is 2.58. The molecule has 0 aromatic rings. The Bertz CT molecular complexity index is 2100. The van der Waals surface area contributed by atoms with E-state index >= 15 is 0 Å². The zero-order valence-electron chi connectivity index (χ0n) is 66.1. The van der Waals surface area contributed by atoms with Gasteiger partial charge in [0.1, 0.15) is 0 Å². The van der Waals surface area contributed by atoms with Crippen LogP contribution in [0.25, 0.3) is 0 Å². The Balaban J connectivity index is 0.000000192. The highest BCUT2D eigenvalue weighted by molar-refractivity contribution is 6.24. The number of halogens is 1. The Morgan fingerprint density at radius 1 is 0.378 bits per heavy atom. The highest BCUT2D eigenvalue weighted by atomic mass is 35.5. The normalized spacial score (nSPS) is 38.9. The minimum absolute atomic E-state index is 0.228. The Morgan fingerprint density at radius 2 is 0.822 bits per heavy atom. The van der Waals surface area contributed by atoms with E-state index in [9.17, 15) is 0 Å². The summed E-state index contributed by atoms with van der Waals surface area (Å²) >= 11 is 6.66. The molecule has 9 unspecified atom stereocenters. The number of fused-ring (bicyclic) bond motifs is 6. The van der Waals surface area contributed by atoms with Crippen molar-refractivity contribution in [2.75, 3.05) is 0 Å². The van der Waals surface area contributed by atoms with Gasteiger partial charge in [-0.05, 0) is 314 Å². The third kappa shape index (κ3) is 18.2. The van der Waals surface area contributed by atoms with E-state index in [1.54, 1.807) is 37.7 Å². The molecule has 0 heterocycles. The SMILES string of the molecule is CC.CC.CC.CC.CC.CC.CC1(C)C2CC3=CC(C2)CC1C3.CC1(C)C2CC3CC(C2)CC1C3.CC1(C)C2CC3CC1CC(Cl)(C3)C2.CC1(C)C2CCCC1C1=C(CCCC1)C2.CC1(C)CCCCC1.CCCC1C2=C(CCCC2)C2CCCC1C2(C)C. The predicted molar refractivity (Wildman–Crippen MR) is 406 cm³/mol. The van der Waals surface area contributed by atoms with Crippen LogP contribution in [-0.4, -0.2) is 4.87 Å². The molecule has 0 aromatic carbocycles. The molecular weight excluding hydrogens is 1100 g/mol. The zero-order valence-corrected chi connectivity index (χ0v) is 66.8. The van der Waals surface area contributed by atoms with E-state index in [-0.39, 0.29) is 4.87 Å². The second-order valence-corrected chi connectivity index (χ2v) is 36.8. The summed E-state index contributed by atoms with van der Waals surface area (Å²) in [6, 6.07) is 0. The molecule has 0 radical (unpaired) electrons. The minimum Gasteiger partial charge on any atom is -0.119 e. The second-order valence-electron chi connectivity index (χ2n) is 36.0. The van der Waals surface area contributed by atoms with Crippen LogP contribution in [-0.2, 0) is 0 Å². The molecule has 0 N–H and O–H groups in total. The molecule has 9 atom stereocenters. The van der Waals surface area contributed by atoms with Crippen LogP contribution in [0.15, 0.2) is 33.9 Å². The zero-order chi connectivity index (χ0) is 67.2. The molecule has 16 bridgehead atoms. The second kappa shape index (κ2) is 35.3. The van der Waals surface area contributed by atoms with Crippen LogP contribution in [0.5, 0.6) is 0 Å². The number of rotatable bonds is 2. The van der Waals surface area contributed by atoms with Crippen molar-refractivity contribution in [3.05, 3.63) is 33.9 Å². The molecule has 90 heavy (non-hydrogen) atoms. The molecule has 0 aromatic heterocycles. The first kappa shape index (κ1) is 80.2. The summed E-state index contributed by atoms with van der Waals surface area (Å²) in [6.45, 7) is 56.4. The summed E-state index contributed by atoms with van der Waals surface area (Å²) in [6.07, 6.45) is 55.4. The number of hydrogen-bond donors (Lipinski definition) is 0. The topological polar surface area (TPSA) is 0 Å². The fourth-order valence-electron chi connectivity index (χ4n) is 24.2. The van der Waals surface area contributed by atoms with Crippen LogP contribution in [0.1, 0.15) is 404 Å². The van der Waals surface area contributed by atoms with E-state index in [0.29, 0.717) is 32.5 Å². The average Bonchev–Trinajstić information content (AvgIpc) is 0.780. The summed E-state index contributed by atoms with van der Waals surface area (Å²) in [7, 11) is 0. The lowest BCUT2D eigenvalue weighted by atomic mass is 9.46. The summed E-state index contributed by atoms with van der Waals surface area (Å²) in [4.78, 5) is 0.228. The van der Waals surface area contributed by atoms with Gasteiger partial charge in [-0.2, -0.15) is 0 Å². The third-order valence-corrected chi connectivity index (χ3v) is 29.8. The van der Waals surface area contributed by atoms with Gasteiger partial charge < -0.3 is 0 Å². The summed E-state index contributed by atoms with van der Waals surface area (Å²) in [5.41, 5.74) is 13.4. The number of alkyl halides is 1. The van der Waals surface area contributed by atoms with Crippen molar-refractivity contribution in [2.24, 2.45) is 121 Å². The molecular formula is C89H163Cl. The van der Waals surface area contributed by atoms with Gasteiger partial charge in [0, 0.05) is 4.87 Å². The van der Waals surface area contributed by atoms with E-state index < -0.39 is 0 Å². The lowest BCUT2D eigenvalue weighted by Crippen LogP contribution is -2.55. The van der Waals surface area contributed by atoms with Crippen molar-refractivity contribution in [3.63, 3.8) is 0 Å². The molecule has 19 aliphatic carbocycles. The minimum atomic E-state index is 0.228. The summed E-state index contributed by atoms with van der Waals surface area (Å²) < 4.78 is 0. The van der Waals surface area contributed by atoms with E-state index in [1.165, 1.54) is 199 Å². The van der Waals surface area contributed by atoms with Gasteiger partial charge in [-0.1, -0.05) is 246 Å². The molecule has 0 spiro atoms. The maximum absolute atomic E-state index is 6.66. The van der Waals surface area contributed by atoms with Gasteiger partial charge in [-0.25, -0.2) is 0 Å². The largest absolute Gasteiger partial charge is 0.119 e. The fraction of sp³-hybridized carbons (Fsp3) is 0.933. The van der Waals surface area contributed by atoms with Gasteiger partial charge in [0.15, 0.2) is 0 Å². The standard InChI is InChI=1S/C18H30.C15H24.C12H19Cl.C12H20.C12H18.C8H16.6C2H6/c1-4-8-14-13-9-5-6-10-15(13)17-12-7-11-16(14)18(17,2)3;1-15(2)12-7-5-9-14(15)13-8-4-3-6-11(13)10-12;1-11(2)9-3-8-4-10(11)7-12(13,5-8)6-9;2*1-12(2)10-4-8-3-9(6-10)7-11(12)5-8;1-8(2)6-4-3-5-7-8;6*1-2/h14,16-17H,4-12H2,1-3H3;12,14H,3-10H2,1-2H3;8-10H,3-7H2,1-2H3;8-11H,3-7H2,1-2H3;3,8,10-11H,4-7H2,1-2H3;3-7H2,1-2H3;6*1-2H3. The molecule has 0 nitrogen and oxygen atoms in total. The fourth-order valence-corrected chi connectivity index (χ4v) is 24.8. The first-order valence-electron chi connectivity index (χ1n) is 41.7. The maximum Gasteiger partial charge on any atom is 0.0455 e. The Hall–Kier alpha value is -0.490. The average molecular weight is 1270 g/mol. The number of allylic oxidation sites excluding steroid dienone is 6. The molecule has 0 saturated heterocycles. The van der Waals surface area contributed by atoms with Gasteiger partial charge in [0.05, 0.1) is 0 Å². The van der Waals surface area contributed by atoms with E-state index in [0.717, 1.165) is 88.8 Å². The first-order chi connectivity index (χ1) is 42.9.